The van der Waals surface area contributed by atoms with Crippen molar-refractivity contribution < 1.29 is 9.18 Å². The van der Waals surface area contributed by atoms with Gasteiger partial charge in [-0.2, -0.15) is 0 Å². The first-order valence-corrected chi connectivity index (χ1v) is 12.1. The summed E-state index contributed by atoms with van der Waals surface area (Å²) in [7, 11) is 0. The number of aromatic nitrogens is 2. The number of carbonyl (C=O) groups is 1. The summed E-state index contributed by atoms with van der Waals surface area (Å²) in [5.74, 6) is 0.963. The molecule has 2 saturated heterocycles. The van der Waals surface area contributed by atoms with Gasteiger partial charge in [-0.05, 0) is 61.4 Å². The fourth-order valence-corrected chi connectivity index (χ4v) is 5.41. The molecule has 34 heavy (non-hydrogen) atoms. The zero-order valence-electron chi connectivity index (χ0n) is 19.1. The molecule has 2 aromatic heterocycles. The molecule has 4 aromatic rings. The Hall–Kier alpha value is -3.61. The van der Waals surface area contributed by atoms with E-state index in [4.69, 9.17) is 4.98 Å². The van der Waals surface area contributed by atoms with Crippen LogP contribution in [0.4, 0.5) is 15.9 Å². The van der Waals surface area contributed by atoms with E-state index in [9.17, 15) is 9.18 Å². The number of hydrogen-bond acceptors (Lipinski definition) is 4. The number of amides is 1. The smallest absolute Gasteiger partial charge is 0.227 e. The molecule has 6 rings (SSSR count). The quantitative estimate of drug-likeness (QED) is 0.463. The second kappa shape index (κ2) is 8.63. The van der Waals surface area contributed by atoms with Crippen molar-refractivity contribution in [3.63, 3.8) is 0 Å². The Kier molecular flexibility index (Phi) is 5.32. The highest BCUT2D eigenvalue weighted by Crippen LogP contribution is 2.30. The van der Waals surface area contributed by atoms with Gasteiger partial charge in [0.25, 0.3) is 0 Å². The minimum Gasteiger partial charge on any atom is -0.368 e. The zero-order chi connectivity index (χ0) is 23.1. The predicted octanol–water partition coefficient (Wildman–Crippen LogP) is 4.19. The van der Waals surface area contributed by atoms with Crippen molar-refractivity contribution in [3.8, 4) is 0 Å². The van der Waals surface area contributed by atoms with Crippen molar-refractivity contribution in [2.45, 2.75) is 12.8 Å². The van der Waals surface area contributed by atoms with Crippen LogP contribution in [0.5, 0.6) is 0 Å². The summed E-state index contributed by atoms with van der Waals surface area (Å²) in [6.07, 6.45) is 3.97. The minimum atomic E-state index is -0.224. The molecule has 1 amide bonds. The van der Waals surface area contributed by atoms with Crippen LogP contribution >= 0.6 is 0 Å². The lowest BCUT2D eigenvalue weighted by atomic mass is 9.96. The van der Waals surface area contributed by atoms with Gasteiger partial charge >= 0.3 is 0 Å². The molecule has 0 radical (unpaired) electrons. The molecule has 0 N–H and O–H groups in total. The monoisotopic (exact) mass is 457 g/mol. The Morgan fingerprint density at radius 3 is 2.44 bits per heavy atom. The first kappa shape index (κ1) is 21.0. The molecule has 0 saturated carbocycles. The summed E-state index contributed by atoms with van der Waals surface area (Å²) in [4.78, 5) is 25.0. The van der Waals surface area contributed by atoms with Gasteiger partial charge in [-0.3, -0.25) is 4.79 Å². The average Bonchev–Trinajstić information content (AvgIpc) is 3.39. The fourth-order valence-electron chi connectivity index (χ4n) is 5.41. The fraction of sp³-hybridized carbons (Fsp3) is 0.333. The maximum atomic E-state index is 13.4. The largest absolute Gasteiger partial charge is 0.368 e. The Bertz CT molecular complexity index is 1330. The van der Waals surface area contributed by atoms with Crippen LogP contribution in [0.25, 0.3) is 16.6 Å². The third-order valence-corrected chi connectivity index (χ3v) is 7.20. The van der Waals surface area contributed by atoms with Gasteiger partial charge in [0.1, 0.15) is 5.82 Å². The number of piperidine rings is 1. The molecular weight excluding hydrogens is 429 g/mol. The summed E-state index contributed by atoms with van der Waals surface area (Å²) in [6, 6.07) is 19.0. The van der Waals surface area contributed by atoms with Crippen molar-refractivity contribution in [1.29, 1.82) is 0 Å². The molecule has 7 heteroatoms. The Morgan fingerprint density at radius 1 is 0.853 bits per heavy atom. The van der Waals surface area contributed by atoms with E-state index in [1.165, 1.54) is 12.1 Å². The first-order chi connectivity index (χ1) is 16.7. The first-order valence-electron chi connectivity index (χ1n) is 12.1. The topological polar surface area (TPSA) is 44.1 Å². The SMILES string of the molecule is O=C(C1CCCN(c2nc3ccccc3n3cccc23)C1)N1CCN(c2ccc(F)cc2)CC1. The summed E-state index contributed by atoms with van der Waals surface area (Å²) < 4.78 is 15.4. The van der Waals surface area contributed by atoms with E-state index in [0.717, 1.165) is 60.5 Å². The van der Waals surface area contributed by atoms with Gasteiger partial charge in [-0.15, -0.1) is 0 Å². The van der Waals surface area contributed by atoms with Gasteiger partial charge < -0.3 is 19.1 Å². The number of rotatable bonds is 3. The molecule has 1 atom stereocenters. The summed E-state index contributed by atoms with van der Waals surface area (Å²) in [5.41, 5.74) is 4.15. The molecule has 2 aliphatic heterocycles. The van der Waals surface area contributed by atoms with Crippen LogP contribution < -0.4 is 9.80 Å². The lowest BCUT2D eigenvalue weighted by Crippen LogP contribution is -2.52. The van der Waals surface area contributed by atoms with Crippen LogP contribution in [0.15, 0.2) is 66.9 Å². The van der Waals surface area contributed by atoms with Crippen molar-refractivity contribution in [3.05, 3.63) is 72.7 Å². The number of benzene rings is 2. The molecule has 1 unspecified atom stereocenters. The maximum Gasteiger partial charge on any atom is 0.227 e. The molecule has 2 aliphatic rings. The van der Waals surface area contributed by atoms with Crippen LogP contribution in [-0.2, 0) is 4.79 Å². The molecule has 4 heterocycles. The predicted molar refractivity (Wildman–Crippen MR) is 133 cm³/mol. The number of halogens is 1. The molecule has 174 valence electrons. The van der Waals surface area contributed by atoms with Crippen LogP contribution in [-0.4, -0.2) is 59.5 Å². The maximum absolute atomic E-state index is 13.4. The number of nitrogens with zero attached hydrogens (tertiary/aromatic N) is 5. The number of carbonyl (C=O) groups excluding carboxylic acids is 1. The number of anilines is 2. The van der Waals surface area contributed by atoms with Crippen LogP contribution in [0, 0.1) is 11.7 Å². The van der Waals surface area contributed by atoms with Crippen LogP contribution in [0.1, 0.15) is 12.8 Å². The van der Waals surface area contributed by atoms with Crippen LogP contribution in [0.2, 0.25) is 0 Å². The summed E-state index contributed by atoms with van der Waals surface area (Å²) >= 11 is 0. The van der Waals surface area contributed by atoms with Crippen molar-refractivity contribution in [2.75, 3.05) is 49.1 Å². The molecule has 2 fully saturated rings. The standard InChI is InChI=1S/C27H28FN5O/c28-21-9-11-22(12-10-21)30-15-17-31(18-16-30)27(34)20-5-3-13-32(19-20)26-25-8-4-14-33(25)24-7-2-1-6-23(24)29-26/h1-2,4,6-12,14,20H,3,5,13,15-19H2. The van der Waals surface area contributed by atoms with Gasteiger partial charge in [0.05, 0.1) is 22.5 Å². The van der Waals surface area contributed by atoms with Gasteiger partial charge in [0.15, 0.2) is 5.82 Å². The van der Waals surface area contributed by atoms with E-state index < -0.39 is 0 Å². The van der Waals surface area contributed by atoms with Crippen molar-refractivity contribution in [1.82, 2.24) is 14.3 Å². The highest BCUT2D eigenvalue weighted by Gasteiger charge is 2.32. The van der Waals surface area contributed by atoms with Gasteiger partial charge in [-0.25, -0.2) is 9.37 Å². The van der Waals surface area contributed by atoms with Crippen molar-refractivity contribution >= 4 is 34.0 Å². The summed E-state index contributed by atoms with van der Waals surface area (Å²) in [5, 5.41) is 0. The van der Waals surface area contributed by atoms with Gasteiger partial charge in [0, 0.05) is 51.2 Å². The molecule has 6 nitrogen and oxygen atoms in total. The molecule has 0 spiro atoms. The second-order valence-electron chi connectivity index (χ2n) is 9.26. The zero-order valence-corrected chi connectivity index (χ0v) is 19.1. The Balaban J connectivity index is 1.17. The lowest BCUT2D eigenvalue weighted by molar-refractivity contribution is -0.136. The highest BCUT2D eigenvalue weighted by molar-refractivity contribution is 5.86. The number of hydrogen-bond donors (Lipinski definition) is 0. The van der Waals surface area contributed by atoms with Crippen molar-refractivity contribution in [2.24, 2.45) is 5.92 Å². The van der Waals surface area contributed by atoms with Crippen LogP contribution in [0.3, 0.4) is 0 Å². The minimum absolute atomic E-state index is 0.0191. The number of piperazine rings is 1. The van der Waals surface area contributed by atoms with E-state index in [1.54, 1.807) is 0 Å². The molecular formula is C27H28FN5O. The number of para-hydroxylation sites is 2. The average molecular weight is 458 g/mol. The number of fused-ring (bicyclic) bond motifs is 3. The van der Waals surface area contributed by atoms with E-state index in [1.807, 2.05) is 35.2 Å². The van der Waals surface area contributed by atoms with Gasteiger partial charge in [-0.1, -0.05) is 12.1 Å². The lowest BCUT2D eigenvalue weighted by Gasteiger charge is -2.40. The van der Waals surface area contributed by atoms with Gasteiger partial charge in [0.2, 0.25) is 5.91 Å². The third kappa shape index (κ3) is 3.75. The van der Waals surface area contributed by atoms with E-state index in [2.05, 4.69) is 38.6 Å². The third-order valence-electron chi connectivity index (χ3n) is 7.20. The molecule has 2 aromatic carbocycles. The normalized spacial score (nSPS) is 19.2. The summed E-state index contributed by atoms with van der Waals surface area (Å²) in [6.45, 7) is 4.54. The Labute approximate surface area is 198 Å². The Morgan fingerprint density at radius 2 is 1.62 bits per heavy atom. The van der Waals surface area contributed by atoms with E-state index >= 15 is 0 Å². The van der Waals surface area contributed by atoms with E-state index in [0.29, 0.717) is 19.6 Å². The molecule has 0 bridgehead atoms. The highest BCUT2D eigenvalue weighted by atomic mass is 19.1. The molecule has 0 aliphatic carbocycles. The van der Waals surface area contributed by atoms with E-state index in [-0.39, 0.29) is 17.6 Å². The second-order valence-corrected chi connectivity index (χ2v) is 9.26.